The lowest BCUT2D eigenvalue weighted by atomic mass is 10.1. The minimum absolute atomic E-state index is 0.0654. The Morgan fingerprint density at radius 2 is 1.42 bits per heavy atom. The van der Waals surface area contributed by atoms with Crippen LogP contribution in [-0.2, 0) is 4.79 Å². The van der Waals surface area contributed by atoms with Gasteiger partial charge in [0.1, 0.15) is 17.1 Å². The van der Waals surface area contributed by atoms with Crippen LogP contribution < -0.4 is 15.6 Å². The van der Waals surface area contributed by atoms with E-state index in [0.717, 1.165) is 36.4 Å². The van der Waals surface area contributed by atoms with Crippen LogP contribution in [0.2, 0.25) is 0 Å². The van der Waals surface area contributed by atoms with E-state index in [2.05, 4.69) is 9.91 Å². The van der Waals surface area contributed by atoms with Crippen molar-refractivity contribution in [2.75, 3.05) is 18.0 Å². The second-order valence-corrected chi connectivity index (χ2v) is 4.84. The van der Waals surface area contributed by atoms with Gasteiger partial charge in [-0.15, -0.1) is 4.91 Å². The highest BCUT2D eigenvalue weighted by Crippen LogP contribution is 2.26. The number of hydrogen-bond donors (Lipinski definition) is 2. The quantitative estimate of drug-likeness (QED) is 0.348. The molecule has 10 heteroatoms. The second kappa shape index (κ2) is 8.10. The van der Waals surface area contributed by atoms with Crippen molar-refractivity contribution in [2.24, 2.45) is 5.18 Å². The summed E-state index contributed by atoms with van der Waals surface area (Å²) in [6, 6.07) is 3.43. The number of nitrogens with zero attached hydrogens (tertiary/aromatic N) is 1. The molecule has 0 saturated carbocycles. The van der Waals surface area contributed by atoms with Gasteiger partial charge in [0, 0.05) is 23.4 Å². The summed E-state index contributed by atoms with van der Waals surface area (Å²) in [6.07, 6.45) is 1.71. The normalized spacial score (nSPS) is 10.7. The number of methoxy groups -OCH3 is 1. The minimum Gasteiger partial charge on any atom is -0.497 e. The van der Waals surface area contributed by atoms with Crippen molar-refractivity contribution in [1.82, 2.24) is 0 Å². The van der Waals surface area contributed by atoms with E-state index >= 15 is 0 Å². The lowest BCUT2D eigenvalue weighted by molar-refractivity contribution is -0.113. The molecule has 0 radical (unpaired) electrons. The third kappa shape index (κ3) is 4.35. The van der Waals surface area contributed by atoms with Crippen LogP contribution in [0, 0.1) is 28.2 Å². The fourth-order valence-electron chi connectivity index (χ4n) is 1.92. The third-order valence-electron chi connectivity index (χ3n) is 3.14. The number of carbonyl (C=O) groups is 1. The molecule has 1 amide bonds. The first-order chi connectivity index (χ1) is 12.3. The molecule has 6 nitrogen and oxygen atoms in total. The molecule has 0 spiro atoms. The molecular formula is C16H11F4N3O3. The highest BCUT2D eigenvalue weighted by Gasteiger charge is 2.15. The Morgan fingerprint density at radius 3 is 1.85 bits per heavy atom. The third-order valence-corrected chi connectivity index (χ3v) is 3.14. The molecule has 0 unspecified atom stereocenters. The number of ether oxygens (including phenoxy) is 1. The van der Waals surface area contributed by atoms with E-state index in [1.165, 1.54) is 7.11 Å². The summed E-state index contributed by atoms with van der Waals surface area (Å²) in [4.78, 5) is 20.7. The first-order valence-electron chi connectivity index (χ1n) is 6.95. The predicted octanol–water partition coefficient (Wildman–Crippen LogP) is 4.00. The zero-order valence-corrected chi connectivity index (χ0v) is 13.1. The Kier molecular flexibility index (Phi) is 5.89. The largest absolute Gasteiger partial charge is 0.497 e. The number of nitrogens with one attached hydrogen (secondary N) is 2. The first-order valence-corrected chi connectivity index (χ1v) is 6.95. The highest BCUT2D eigenvalue weighted by atomic mass is 19.1. The van der Waals surface area contributed by atoms with Crippen LogP contribution in [0.4, 0.5) is 28.9 Å². The van der Waals surface area contributed by atoms with Gasteiger partial charge in [-0.2, -0.15) is 0 Å². The van der Waals surface area contributed by atoms with Crippen molar-refractivity contribution in [3.8, 4) is 5.75 Å². The predicted molar refractivity (Wildman–Crippen MR) is 86.3 cm³/mol. The monoisotopic (exact) mass is 369 g/mol. The van der Waals surface area contributed by atoms with E-state index in [1.54, 1.807) is 0 Å². The van der Waals surface area contributed by atoms with Gasteiger partial charge in [-0.1, -0.05) is 0 Å². The van der Waals surface area contributed by atoms with Crippen LogP contribution >= 0.6 is 0 Å². The van der Waals surface area contributed by atoms with Crippen LogP contribution in [0.3, 0.4) is 0 Å². The summed E-state index contributed by atoms with van der Waals surface area (Å²) in [5.74, 6) is -5.52. The number of rotatable bonds is 6. The molecule has 2 rings (SSSR count). The smallest absolute Gasteiger partial charge is 0.309 e. The van der Waals surface area contributed by atoms with Crippen LogP contribution in [0.5, 0.6) is 5.75 Å². The molecule has 0 fully saturated rings. The standard InChI is InChI=1S/C16H11F4N3O3/c1-26-9-6-12(19)16(13(20)7-9)22-21-15-10(17)4-8(5-11(15)18)2-3-14(24)23-25/h2-7,21-22H,1H3/b3-2+. The van der Waals surface area contributed by atoms with Crippen LogP contribution in [0.1, 0.15) is 5.56 Å². The summed E-state index contributed by atoms with van der Waals surface area (Å²) in [6.45, 7) is 0. The Bertz CT molecular complexity index is 841. The van der Waals surface area contributed by atoms with Gasteiger partial charge in [0.25, 0.3) is 0 Å². The van der Waals surface area contributed by atoms with E-state index in [1.807, 2.05) is 10.9 Å². The number of anilines is 2. The van der Waals surface area contributed by atoms with Crippen LogP contribution in [-0.4, -0.2) is 13.0 Å². The van der Waals surface area contributed by atoms with E-state index in [-0.39, 0.29) is 11.3 Å². The fourth-order valence-corrected chi connectivity index (χ4v) is 1.92. The molecule has 0 aliphatic rings. The number of halogens is 4. The molecule has 2 N–H and O–H groups in total. The van der Waals surface area contributed by atoms with Gasteiger partial charge in [-0.05, 0) is 23.8 Å². The molecule has 0 bridgehead atoms. The molecule has 0 heterocycles. The minimum atomic E-state index is -1.12. The van der Waals surface area contributed by atoms with Crippen molar-refractivity contribution < 1.29 is 27.1 Å². The molecule has 0 aliphatic carbocycles. The zero-order valence-electron chi connectivity index (χ0n) is 13.1. The van der Waals surface area contributed by atoms with Gasteiger partial charge in [0.05, 0.1) is 7.11 Å². The van der Waals surface area contributed by atoms with Crippen molar-refractivity contribution >= 4 is 23.4 Å². The van der Waals surface area contributed by atoms with Crippen molar-refractivity contribution in [3.05, 3.63) is 64.1 Å². The number of benzene rings is 2. The average molecular weight is 369 g/mol. The summed E-state index contributed by atoms with van der Waals surface area (Å²) in [5.41, 5.74) is 2.64. The Hall–Kier alpha value is -3.43. The van der Waals surface area contributed by atoms with Gasteiger partial charge in [0.2, 0.25) is 0 Å². The molecule has 2 aromatic rings. The lowest BCUT2D eigenvalue weighted by Gasteiger charge is -2.14. The lowest BCUT2D eigenvalue weighted by Crippen LogP contribution is -2.14. The van der Waals surface area contributed by atoms with Gasteiger partial charge < -0.3 is 4.74 Å². The van der Waals surface area contributed by atoms with Crippen molar-refractivity contribution in [1.29, 1.82) is 0 Å². The number of nitroso groups, excluding NO2 is 1. The van der Waals surface area contributed by atoms with Gasteiger partial charge >= 0.3 is 5.91 Å². The topological polar surface area (TPSA) is 79.8 Å². The summed E-state index contributed by atoms with van der Waals surface area (Å²) in [7, 11) is 1.22. The molecule has 0 atom stereocenters. The molecule has 136 valence electrons. The maximum Gasteiger partial charge on any atom is 0.309 e. The maximum atomic E-state index is 14.0. The highest BCUT2D eigenvalue weighted by molar-refractivity contribution is 5.92. The van der Waals surface area contributed by atoms with E-state index in [0.29, 0.717) is 0 Å². The molecule has 0 aliphatic heterocycles. The summed E-state index contributed by atoms with van der Waals surface area (Å²) < 4.78 is 60.2. The van der Waals surface area contributed by atoms with Crippen molar-refractivity contribution in [3.63, 3.8) is 0 Å². The van der Waals surface area contributed by atoms with Gasteiger partial charge in [-0.3, -0.25) is 15.6 Å². The molecule has 0 aromatic heterocycles. The fraction of sp³-hybridized carbons (Fsp3) is 0.0625. The zero-order chi connectivity index (χ0) is 19.3. The Labute approximate surface area is 144 Å². The van der Waals surface area contributed by atoms with Gasteiger partial charge in [0.15, 0.2) is 23.3 Å². The number of carbonyl (C=O) groups excluding carboxylic acids is 1. The van der Waals surface area contributed by atoms with E-state index in [4.69, 9.17) is 0 Å². The number of hydrogen-bond acceptors (Lipinski definition) is 5. The average Bonchev–Trinajstić information content (AvgIpc) is 2.60. The first kappa shape index (κ1) is 18.9. The Morgan fingerprint density at radius 1 is 0.962 bits per heavy atom. The molecule has 26 heavy (non-hydrogen) atoms. The maximum absolute atomic E-state index is 14.0. The SMILES string of the molecule is COc1cc(F)c(NNc2c(F)cc(/C=C/C(=O)N=O)cc2F)c(F)c1. The second-order valence-electron chi connectivity index (χ2n) is 4.84. The summed E-state index contributed by atoms with van der Waals surface area (Å²) in [5, 5.41) is 2.09. The molecule has 0 saturated heterocycles. The molecular weight excluding hydrogens is 358 g/mol. The molecule has 2 aromatic carbocycles. The number of amides is 1. The van der Waals surface area contributed by atoms with Crippen molar-refractivity contribution in [2.45, 2.75) is 0 Å². The van der Waals surface area contributed by atoms with Crippen LogP contribution in [0.15, 0.2) is 35.5 Å². The van der Waals surface area contributed by atoms with E-state index < -0.39 is 40.6 Å². The van der Waals surface area contributed by atoms with E-state index in [9.17, 15) is 27.3 Å². The number of hydrazine groups is 1. The van der Waals surface area contributed by atoms with Crippen LogP contribution in [0.25, 0.3) is 6.08 Å². The Balaban J connectivity index is 2.22. The summed E-state index contributed by atoms with van der Waals surface area (Å²) >= 11 is 0. The van der Waals surface area contributed by atoms with Gasteiger partial charge in [-0.25, -0.2) is 17.6 Å².